The first kappa shape index (κ1) is 18.9. The Morgan fingerprint density at radius 1 is 1.19 bits per heavy atom. The van der Waals surface area contributed by atoms with Crippen molar-refractivity contribution in [1.82, 2.24) is 5.01 Å². The van der Waals surface area contributed by atoms with E-state index in [2.05, 4.69) is 5.10 Å². The van der Waals surface area contributed by atoms with Crippen molar-refractivity contribution >= 4 is 11.6 Å². The molecule has 27 heavy (non-hydrogen) atoms. The summed E-state index contributed by atoms with van der Waals surface area (Å²) in [6.07, 6.45) is -6.27. The fraction of sp³-hybridized carbons (Fsp3) is 0.263. The summed E-state index contributed by atoms with van der Waals surface area (Å²) >= 11 is 0. The zero-order chi connectivity index (χ0) is 19.7. The molecule has 142 valence electrons. The van der Waals surface area contributed by atoms with Gasteiger partial charge in [-0.25, -0.2) is 0 Å². The maximum absolute atomic E-state index is 13.6. The van der Waals surface area contributed by atoms with Crippen LogP contribution in [0.5, 0.6) is 5.75 Å². The molecule has 0 bridgehead atoms. The zero-order valence-corrected chi connectivity index (χ0v) is 14.4. The van der Waals surface area contributed by atoms with E-state index in [1.807, 2.05) is 0 Å². The van der Waals surface area contributed by atoms with Crippen molar-refractivity contribution in [2.24, 2.45) is 5.10 Å². The Labute approximate surface area is 153 Å². The Bertz CT molecular complexity index is 868. The molecule has 2 aromatic rings. The summed E-state index contributed by atoms with van der Waals surface area (Å²) < 4.78 is 46.0. The number of para-hydroxylation sites is 1. The fourth-order valence-corrected chi connectivity index (χ4v) is 2.91. The average molecular weight is 378 g/mol. The van der Waals surface area contributed by atoms with E-state index in [0.717, 1.165) is 0 Å². The van der Waals surface area contributed by atoms with E-state index < -0.39 is 24.2 Å². The number of halogens is 3. The van der Waals surface area contributed by atoms with E-state index in [1.165, 1.54) is 13.2 Å². The van der Waals surface area contributed by atoms with Crippen molar-refractivity contribution in [1.29, 1.82) is 0 Å². The van der Waals surface area contributed by atoms with E-state index in [4.69, 9.17) is 4.74 Å². The van der Waals surface area contributed by atoms with Gasteiger partial charge in [-0.1, -0.05) is 42.5 Å². The number of hydrogen-bond donors (Lipinski definition) is 1. The lowest BCUT2D eigenvalue weighted by Crippen LogP contribution is -2.57. The first-order valence-corrected chi connectivity index (χ1v) is 8.13. The molecular formula is C19H17F3N2O3. The molecule has 5 nitrogen and oxygen atoms in total. The van der Waals surface area contributed by atoms with Gasteiger partial charge >= 0.3 is 6.18 Å². The van der Waals surface area contributed by atoms with Crippen molar-refractivity contribution in [2.45, 2.75) is 24.7 Å². The summed E-state index contributed by atoms with van der Waals surface area (Å²) in [6, 6.07) is 14.7. The third kappa shape index (κ3) is 3.52. The smallest absolute Gasteiger partial charge is 0.438 e. The van der Waals surface area contributed by atoms with Crippen molar-refractivity contribution in [3.8, 4) is 5.75 Å². The maximum Gasteiger partial charge on any atom is 0.438 e. The molecule has 0 radical (unpaired) electrons. The van der Waals surface area contributed by atoms with Gasteiger partial charge in [0.05, 0.1) is 25.7 Å². The summed E-state index contributed by atoms with van der Waals surface area (Å²) in [4.78, 5) is 12.5. The predicted octanol–water partition coefficient (Wildman–Crippen LogP) is 3.13. The molecule has 0 spiro atoms. The number of carbonyl (C=O) groups excluding carboxylic acids is 1. The zero-order valence-electron chi connectivity index (χ0n) is 14.4. The highest BCUT2D eigenvalue weighted by Crippen LogP contribution is 2.42. The maximum atomic E-state index is 13.6. The number of amides is 1. The molecule has 8 heteroatoms. The van der Waals surface area contributed by atoms with Crippen LogP contribution < -0.4 is 4.74 Å². The van der Waals surface area contributed by atoms with E-state index in [0.29, 0.717) is 11.3 Å². The number of rotatable bonds is 4. The van der Waals surface area contributed by atoms with E-state index in [-0.39, 0.29) is 22.7 Å². The third-order valence-electron chi connectivity index (χ3n) is 4.29. The topological polar surface area (TPSA) is 62.1 Å². The molecule has 3 rings (SSSR count). The molecule has 0 aliphatic carbocycles. The molecular weight excluding hydrogens is 361 g/mol. The molecule has 2 aromatic carbocycles. The van der Waals surface area contributed by atoms with Crippen LogP contribution in [-0.4, -0.2) is 40.7 Å². The molecule has 0 aromatic heterocycles. The summed E-state index contributed by atoms with van der Waals surface area (Å²) in [5.41, 5.74) is -2.67. The Kier molecular flexibility index (Phi) is 4.93. The van der Waals surface area contributed by atoms with Gasteiger partial charge in [0.15, 0.2) is 0 Å². The quantitative estimate of drug-likeness (QED) is 0.889. The van der Waals surface area contributed by atoms with Crippen molar-refractivity contribution in [3.63, 3.8) is 0 Å². The van der Waals surface area contributed by atoms with Crippen LogP contribution in [0.25, 0.3) is 0 Å². The van der Waals surface area contributed by atoms with Gasteiger partial charge < -0.3 is 9.84 Å². The lowest BCUT2D eigenvalue weighted by Gasteiger charge is -2.32. The molecule has 0 saturated carbocycles. The molecule has 1 atom stereocenters. The molecule has 1 heterocycles. The third-order valence-corrected chi connectivity index (χ3v) is 4.29. The van der Waals surface area contributed by atoms with Crippen LogP contribution >= 0.6 is 0 Å². The van der Waals surface area contributed by atoms with Crippen LogP contribution in [-0.2, 0) is 11.2 Å². The van der Waals surface area contributed by atoms with E-state index >= 15 is 0 Å². The highest BCUT2D eigenvalue weighted by Gasteiger charge is 2.63. The highest BCUT2D eigenvalue weighted by molar-refractivity contribution is 6.05. The standard InChI is InChI=1S/C19H17F3N2O3/c1-27-16-10-6-5-9-14(16)15-12-18(26,19(20,21)22)24(23-15)17(25)11-13-7-3-2-4-8-13/h2-10,26H,11-12H2,1H3. The molecule has 0 fully saturated rings. The van der Waals surface area contributed by atoms with Crippen molar-refractivity contribution < 1.29 is 27.8 Å². The Balaban J connectivity index is 1.99. The molecule has 1 unspecified atom stereocenters. The number of hydrogen-bond acceptors (Lipinski definition) is 4. The van der Waals surface area contributed by atoms with Gasteiger partial charge in [-0.05, 0) is 17.7 Å². The van der Waals surface area contributed by atoms with Gasteiger partial charge in [0.2, 0.25) is 5.91 Å². The molecule has 1 aliphatic heterocycles. The Morgan fingerprint density at radius 3 is 2.44 bits per heavy atom. The van der Waals surface area contributed by atoms with Crippen LogP contribution in [0.2, 0.25) is 0 Å². The second-order valence-electron chi connectivity index (χ2n) is 6.11. The van der Waals surface area contributed by atoms with Gasteiger partial charge in [-0.3, -0.25) is 4.79 Å². The summed E-state index contributed by atoms with van der Waals surface area (Å²) in [6.45, 7) is 0. The second kappa shape index (κ2) is 7.03. The van der Waals surface area contributed by atoms with Crippen LogP contribution in [0, 0.1) is 0 Å². The minimum atomic E-state index is -5.08. The van der Waals surface area contributed by atoms with E-state index in [1.54, 1.807) is 48.5 Å². The van der Waals surface area contributed by atoms with Crippen molar-refractivity contribution in [3.05, 3.63) is 65.7 Å². The van der Waals surface area contributed by atoms with Gasteiger partial charge in [-0.15, -0.1) is 0 Å². The summed E-state index contributed by atoms with van der Waals surface area (Å²) in [5, 5.41) is 14.3. The highest BCUT2D eigenvalue weighted by atomic mass is 19.4. The molecule has 0 saturated heterocycles. The van der Waals surface area contributed by atoms with Gasteiger partial charge in [0.25, 0.3) is 5.72 Å². The molecule has 1 amide bonds. The lowest BCUT2D eigenvalue weighted by molar-refractivity contribution is -0.302. The SMILES string of the molecule is COc1ccccc1C1=NN(C(=O)Cc2ccccc2)C(O)(C(F)(F)F)C1. The van der Waals surface area contributed by atoms with E-state index in [9.17, 15) is 23.1 Å². The Morgan fingerprint density at radius 2 is 1.81 bits per heavy atom. The fourth-order valence-electron chi connectivity index (χ4n) is 2.91. The number of alkyl halides is 3. The van der Waals surface area contributed by atoms with Gasteiger partial charge in [-0.2, -0.15) is 23.3 Å². The monoisotopic (exact) mass is 378 g/mol. The summed E-state index contributed by atoms with van der Waals surface area (Å²) in [5.74, 6) is -0.649. The first-order chi connectivity index (χ1) is 12.8. The minimum absolute atomic E-state index is 0.0753. The first-order valence-electron chi connectivity index (χ1n) is 8.13. The van der Waals surface area contributed by atoms with Crippen LogP contribution in [0.1, 0.15) is 17.5 Å². The largest absolute Gasteiger partial charge is 0.496 e. The number of benzene rings is 2. The van der Waals surface area contributed by atoms with Gasteiger partial charge in [0, 0.05) is 5.56 Å². The number of methoxy groups -OCH3 is 1. The lowest BCUT2D eigenvalue weighted by atomic mass is 10.00. The second-order valence-corrected chi connectivity index (χ2v) is 6.11. The van der Waals surface area contributed by atoms with Gasteiger partial charge in [0.1, 0.15) is 5.75 Å². The minimum Gasteiger partial charge on any atom is -0.496 e. The van der Waals surface area contributed by atoms with Crippen molar-refractivity contribution in [2.75, 3.05) is 7.11 Å². The summed E-state index contributed by atoms with van der Waals surface area (Å²) in [7, 11) is 1.38. The molecule has 1 aliphatic rings. The molecule has 1 N–H and O–H groups in total. The van der Waals surface area contributed by atoms with Crippen LogP contribution in [0.3, 0.4) is 0 Å². The predicted molar refractivity (Wildman–Crippen MR) is 92.1 cm³/mol. The van der Waals surface area contributed by atoms with Crippen LogP contribution in [0.4, 0.5) is 13.2 Å². The number of hydrazone groups is 1. The number of aliphatic hydroxyl groups is 1. The number of carbonyl (C=O) groups is 1. The number of nitrogens with zero attached hydrogens (tertiary/aromatic N) is 2. The normalized spacial score (nSPS) is 19.7. The Hall–Kier alpha value is -2.87. The average Bonchev–Trinajstić information content (AvgIpc) is 3.01. The number of ether oxygens (including phenoxy) is 1. The van der Waals surface area contributed by atoms with Crippen LogP contribution in [0.15, 0.2) is 59.7 Å².